The van der Waals surface area contributed by atoms with Gasteiger partial charge in [-0.2, -0.15) is 5.10 Å². The van der Waals surface area contributed by atoms with E-state index in [1.54, 1.807) is 0 Å². The van der Waals surface area contributed by atoms with Crippen molar-refractivity contribution in [2.45, 2.75) is 58.5 Å². The van der Waals surface area contributed by atoms with Crippen LogP contribution < -0.4 is 10.6 Å². The number of guanidine groups is 1. The van der Waals surface area contributed by atoms with Gasteiger partial charge in [-0.25, -0.2) is 9.67 Å². The number of ether oxygens (including phenoxy) is 2. The Hall–Kier alpha value is -1.67. The van der Waals surface area contributed by atoms with Crippen molar-refractivity contribution in [3.8, 4) is 0 Å². The highest BCUT2D eigenvalue weighted by Gasteiger charge is 2.22. The van der Waals surface area contributed by atoms with E-state index in [-0.39, 0.29) is 0 Å². The lowest BCUT2D eigenvalue weighted by Gasteiger charge is -2.25. The number of nitrogens with one attached hydrogen (secondary N) is 2. The fraction of sp³-hybridized carbons (Fsp3) is 0.842. The Kier molecular flexibility index (Phi) is 7.89. The number of aryl methyl sites for hydroxylation is 2. The summed E-state index contributed by atoms with van der Waals surface area (Å²) in [5.41, 5.74) is 0. The van der Waals surface area contributed by atoms with Crippen LogP contribution in [0.15, 0.2) is 4.99 Å². The minimum absolute atomic E-state index is 0.334. The Bertz CT molecular complexity index is 597. The smallest absolute Gasteiger partial charge is 0.191 e. The summed E-state index contributed by atoms with van der Waals surface area (Å²) in [6, 6.07) is 0.334. The largest absolute Gasteiger partial charge is 0.381 e. The fourth-order valence-corrected chi connectivity index (χ4v) is 3.46. The van der Waals surface area contributed by atoms with Crippen molar-refractivity contribution in [3.05, 3.63) is 11.6 Å². The van der Waals surface area contributed by atoms with Crippen molar-refractivity contribution in [3.63, 3.8) is 0 Å². The molecule has 2 aliphatic rings. The van der Waals surface area contributed by atoms with Gasteiger partial charge in [-0.15, -0.1) is 0 Å². The van der Waals surface area contributed by atoms with E-state index >= 15 is 0 Å². The van der Waals surface area contributed by atoms with Gasteiger partial charge in [0.1, 0.15) is 5.82 Å². The average Bonchev–Trinajstić information content (AvgIpc) is 3.33. The summed E-state index contributed by atoms with van der Waals surface area (Å²) in [5.74, 6) is 3.51. The van der Waals surface area contributed by atoms with E-state index in [1.165, 1.54) is 0 Å². The second kappa shape index (κ2) is 10.6. The maximum atomic E-state index is 5.75. The molecule has 27 heavy (non-hydrogen) atoms. The second-order valence-corrected chi connectivity index (χ2v) is 7.28. The van der Waals surface area contributed by atoms with Crippen LogP contribution in [0.1, 0.15) is 44.8 Å². The standard InChI is InChI=1S/C19H34N6O2/c1-3-17-23-18-7-6-16(12-25(18)24-17)22-19(20-4-2)21-9-5-10-26-13-15-8-11-27-14-15/h15-16H,3-14H2,1-2H3,(H2,20,21,22). The average molecular weight is 379 g/mol. The topological polar surface area (TPSA) is 85.6 Å². The lowest BCUT2D eigenvalue weighted by atomic mass is 10.1. The highest BCUT2D eigenvalue weighted by Crippen LogP contribution is 2.14. The molecular formula is C19H34N6O2. The molecule has 8 nitrogen and oxygen atoms in total. The zero-order valence-electron chi connectivity index (χ0n) is 16.7. The Labute approximate surface area is 162 Å². The first-order valence-electron chi connectivity index (χ1n) is 10.4. The van der Waals surface area contributed by atoms with E-state index in [1.807, 2.05) is 4.68 Å². The molecule has 2 unspecified atom stereocenters. The minimum atomic E-state index is 0.334. The van der Waals surface area contributed by atoms with Gasteiger partial charge in [-0.3, -0.25) is 4.99 Å². The summed E-state index contributed by atoms with van der Waals surface area (Å²) in [4.78, 5) is 9.28. The molecule has 0 bridgehead atoms. The summed E-state index contributed by atoms with van der Waals surface area (Å²) >= 11 is 0. The summed E-state index contributed by atoms with van der Waals surface area (Å²) < 4.78 is 13.2. The number of aliphatic imine (C=N–C) groups is 1. The van der Waals surface area contributed by atoms with Gasteiger partial charge in [0.15, 0.2) is 11.8 Å². The van der Waals surface area contributed by atoms with Crippen LogP contribution in [0.2, 0.25) is 0 Å². The molecule has 1 aromatic rings. The molecule has 0 saturated carbocycles. The van der Waals surface area contributed by atoms with E-state index in [2.05, 4.69) is 34.6 Å². The lowest BCUT2D eigenvalue weighted by Crippen LogP contribution is -2.47. The molecule has 1 saturated heterocycles. The van der Waals surface area contributed by atoms with Crippen LogP contribution in [-0.4, -0.2) is 66.3 Å². The molecule has 0 amide bonds. The van der Waals surface area contributed by atoms with Gasteiger partial charge in [0.05, 0.1) is 19.8 Å². The van der Waals surface area contributed by atoms with Crippen LogP contribution in [0, 0.1) is 5.92 Å². The van der Waals surface area contributed by atoms with Gasteiger partial charge < -0.3 is 20.1 Å². The van der Waals surface area contributed by atoms with Crippen molar-refractivity contribution in [2.75, 3.05) is 39.5 Å². The van der Waals surface area contributed by atoms with Crippen molar-refractivity contribution >= 4 is 5.96 Å². The molecule has 152 valence electrons. The SMILES string of the molecule is CCNC(=NCCCOCC1CCOC1)NC1CCc2nc(CC)nn2C1. The number of aromatic nitrogens is 3. The third-order valence-electron chi connectivity index (χ3n) is 5.00. The molecule has 1 aromatic heterocycles. The number of nitrogens with zero attached hydrogens (tertiary/aromatic N) is 4. The van der Waals surface area contributed by atoms with Crippen LogP contribution in [0.4, 0.5) is 0 Å². The maximum absolute atomic E-state index is 5.75. The molecule has 0 radical (unpaired) electrons. The van der Waals surface area contributed by atoms with E-state index in [9.17, 15) is 0 Å². The zero-order chi connectivity index (χ0) is 18.9. The summed E-state index contributed by atoms with van der Waals surface area (Å²) in [6.45, 7) is 9.94. The minimum Gasteiger partial charge on any atom is -0.381 e. The van der Waals surface area contributed by atoms with Gasteiger partial charge in [0, 0.05) is 51.1 Å². The predicted octanol–water partition coefficient (Wildman–Crippen LogP) is 1.15. The molecular weight excluding hydrogens is 344 g/mol. The van der Waals surface area contributed by atoms with E-state index in [4.69, 9.17) is 14.5 Å². The van der Waals surface area contributed by atoms with Gasteiger partial charge in [-0.1, -0.05) is 6.92 Å². The molecule has 0 aromatic carbocycles. The quantitative estimate of drug-likeness (QED) is 0.381. The highest BCUT2D eigenvalue weighted by molar-refractivity contribution is 5.80. The first-order valence-corrected chi connectivity index (χ1v) is 10.4. The van der Waals surface area contributed by atoms with E-state index in [0.717, 1.165) is 95.8 Å². The predicted molar refractivity (Wildman–Crippen MR) is 105 cm³/mol. The van der Waals surface area contributed by atoms with Crippen LogP contribution in [0.25, 0.3) is 0 Å². The van der Waals surface area contributed by atoms with Crippen molar-refractivity contribution in [1.82, 2.24) is 25.4 Å². The Morgan fingerprint density at radius 2 is 2.30 bits per heavy atom. The van der Waals surface area contributed by atoms with Crippen molar-refractivity contribution in [2.24, 2.45) is 10.9 Å². The van der Waals surface area contributed by atoms with Crippen LogP contribution in [0.5, 0.6) is 0 Å². The van der Waals surface area contributed by atoms with E-state index < -0.39 is 0 Å². The molecule has 3 rings (SSSR count). The zero-order valence-corrected chi connectivity index (χ0v) is 16.7. The van der Waals surface area contributed by atoms with Gasteiger partial charge in [0.25, 0.3) is 0 Å². The molecule has 0 spiro atoms. The summed E-state index contributed by atoms with van der Waals surface area (Å²) in [6.07, 6.45) is 4.96. The number of hydrogen-bond acceptors (Lipinski definition) is 5. The lowest BCUT2D eigenvalue weighted by molar-refractivity contribution is 0.0893. The van der Waals surface area contributed by atoms with Crippen molar-refractivity contribution in [1.29, 1.82) is 0 Å². The van der Waals surface area contributed by atoms with Crippen LogP contribution >= 0.6 is 0 Å². The number of hydrogen-bond donors (Lipinski definition) is 2. The monoisotopic (exact) mass is 378 g/mol. The molecule has 1 fully saturated rings. The fourth-order valence-electron chi connectivity index (χ4n) is 3.46. The third kappa shape index (κ3) is 6.17. The van der Waals surface area contributed by atoms with Crippen LogP contribution in [-0.2, 0) is 28.9 Å². The van der Waals surface area contributed by atoms with Crippen LogP contribution in [0.3, 0.4) is 0 Å². The van der Waals surface area contributed by atoms with E-state index in [0.29, 0.717) is 12.0 Å². The molecule has 2 atom stereocenters. The first-order chi connectivity index (χ1) is 13.3. The van der Waals surface area contributed by atoms with Gasteiger partial charge in [0.2, 0.25) is 0 Å². The Balaban J connectivity index is 1.39. The number of rotatable bonds is 9. The Morgan fingerprint density at radius 3 is 3.07 bits per heavy atom. The molecule has 2 N–H and O–H groups in total. The third-order valence-corrected chi connectivity index (χ3v) is 5.00. The highest BCUT2D eigenvalue weighted by atomic mass is 16.5. The van der Waals surface area contributed by atoms with Crippen molar-refractivity contribution < 1.29 is 9.47 Å². The Morgan fingerprint density at radius 1 is 1.37 bits per heavy atom. The molecule has 3 heterocycles. The maximum Gasteiger partial charge on any atom is 0.191 e. The number of fused-ring (bicyclic) bond motifs is 1. The second-order valence-electron chi connectivity index (χ2n) is 7.28. The normalized spacial score (nSPS) is 22.7. The van der Waals surface area contributed by atoms with Gasteiger partial charge in [-0.05, 0) is 26.2 Å². The summed E-state index contributed by atoms with van der Waals surface area (Å²) in [5, 5.41) is 11.5. The van der Waals surface area contributed by atoms with Gasteiger partial charge >= 0.3 is 0 Å². The molecule has 8 heteroatoms. The molecule has 0 aliphatic carbocycles. The first kappa shape index (κ1) is 20.1. The molecule has 2 aliphatic heterocycles. The summed E-state index contributed by atoms with van der Waals surface area (Å²) in [7, 11) is 0.